The van der Waals surface area contributed by atoms with Crippen LogP contribution in [0.2, 0.25) is 0 Å². The van der Waals surface area contributed by atoms with Crippen LogP contribution in [-0.4, -0.2) is 57.2 Å². The first-order valence-corrected chi connectivity index (χ1v) is 16.7. The van der Waals surface area contributed by atoms with Crippen LogP contribution in [0.3, 0.4) is 0 Å². The molecule has 1 heterocycles. The summed E-state index contributed by atoms with van der Waals surface area (Å²) in [5.41, 5.74) is 8.29. The van der Waals surface area contributed by atoms with Crippen LogP contribution in [0.4, 0.5) is 11.4 Å². The highest BCUT2D eigenvalue weighted by Gasteiger charge is 2.57. The molecule has 3 N–H and O–H groups in total. The molecule has 1 aromatic carbocycles. The second-order valence-corrected chi connectivity index (χ2v) is 13.7. The Morgan fingerprint density at radius 1 is 0.900 bits per heavy atom. The molecule has 224 valence electrons. The van der Waals surface area contributed by atoms with Crippen LogP contribution < -0.4 is 20.7 Å². The molecule has 2 unspecified atom stereocenters. The van der Waals surface area contributed by atoms with E-state index in [4.69, 9.17) is 10.5 Å². The van der Waals surface area contributed by atoms with Crippen LogP contribution >= 0.6 is 0 Å². The highest BCUT2D eigenvalue weighted by atomic mass is 16.5. The lowest BCUT2D eigenvalue weighted by Crippen LogP contribution is -2.46. The fourth-order valence-electron chi connectivity index (χ4n) is 8.86. The average molecular weight is 553 g/mol. The number of unbranched alkanes of at least 4 members (excludes halogenated alkanes) is 9. The van der Waals surface area contributed by atoms with Gasteiger partial charge in [0, 0.05) is 50.9 Å². The maximum Gasteiger partial charge on any atom is 0.220 e. The molecule has 1 saturated heterocycles. The lowest BCUT2D eigenvalue weighted by Gasteiger charge is -2.36. The summed E-state index contributed by atoms with van der Waals surface area (Å²) in [7, 11) is 1.68. The number of hydrogen-bond acceptors (Lipinski definition) is 5. The minimum Gasteiger partial charge on any atom is -0.495 e. The van der Waals surface area contributed by atoms with Crippen molar-refractivity contribution in [1.82, 2.24) is 10.2 Å². The first-order chi connectivity index (χ1) is 19.5. The lowest BCUT2D eigenvalue weighted by atomic mass is 9.73. The van der Waals surface area contributed by atoms with Crippen molar-refractivity contribution in [3.05, 3.63) is 18.2 Å². The Morgan fingerprint density at radius 2 is 1.52 bits per heavy atom. The van der Waals surface area contributed by atoms with Gasteiger partial charge in [-0.15, -0.1) is 0 Å². The third-order valence-electron chi connectivity index (χ3n) is 10.8. The van der Waals surface area contributed by atoms with Crippen LogP contribution in [0, 0.1) is 23.2 Å². The molecule has 1 aromatic rings. The van der Waals surface area contributed by atoms with E-state index in [1.54, 1.807) is 7.11 Å². The summed E-state index contributed by atoms with van der Waals surface area (Å²) in [5, 5.41) is 3.26. The molecule has 1 aliphatic heterocycles. The molecule has 0 spiro atoms. The highest BCUT2D eigenvalue weighted by molar-refractivity contribution is 5.76. The number of rotatable bonds is 17. The minimum atomic E-state index is 0.342. The number of nitrogens with two attached hydrogens (primary N) is 1. The van der Waals surface area contributed by atoms with E-state index in [2.05, 4.69) is 27.2 Å². The topological polar surface area (TPSA) is 70.8 Å². The summed E-state index contributed by atoms with van der Waals surface area (Å²) in [5.74, 6) is 3.88. The van der Waals surface area contributed by atoms with E-state index in [0.717, 1.165) is 69.1 Å². The van der Waals surface area contributed by atoms with Gasteiger partial charge in [0.25, 0.3) is 0 Å². The normalized spacial score (nSPS) is 27.4. The number of ether oxygens (including phenoxy) is 1. The number of anilines is 2. The summed E-state index contributed by atoms with van der Waals surface area (Å²) in [6.45, 7) is 6.54. The van der Waals surface area contributed by atoms with Crippen LogP contribution in [-0.2, 0) is 4.79 Å². The molecule has 2 atom stereocenters. The molecule has 40 heavy (non-hydrogen) atoms. The standard InChI is InChI=1S/C34H56N4O2/c1-40-32-23-30(12-13-31(32)35)38-18-16-37(17-19-38)15-11-9-7-5-3-2-4-6-8-10-14-36-33(39)26-34-24-27-20-28(25-34)22-29(34)21-27/h12-13,23,27-29H,2-11,14-22,24-26,35H2,1H3,(H,36,39). The second kappa shape index (κ2) is 14.3. The Bertz CT molecular complexity index is 930. The van der Waals surface area contributed by atoms with E-state index in [0.29, 0.717) is 17.0 Å². The first-order valence-electron chi connectivity index (χ1n) is 16.7. The quantitative estimate of drug-likeness (QED) is 0.168. The zero-order valence-corrected chi connectivity index (χ0v) is 25.3. The predicted molar refractivity (Wildman–Crippen MR) is 166 cm³/mol. The largest absolute Gasteiger partial charge is 0.495 e. The van der Waals surface area contributed by atoms with Gasteiger partial charge in [-0.25, -0.2) is 0 Å². The Kier molecular flexibility index (Phi) is 10.6. The third kappa shape index (κ3) is 7.66. The van der Waals surface area contributed by atoms with Gasteiger partial charge in [-0.05, 0) is 86.8 Å². The maximum absolute atomic E-state index is 12.6. The number of methoxy groups -OCH3 is 1. The van der Waals surface area contributed by atoms with Gasteiger partial charge in [-0.2, -0.15) is 0 Å². The van der Waals surface area contributed by atoms with Gasteiger partial charge < -0.3 is 20.7 Å². The Hall–Kier alpha value is -1.95. The smallest absolute Gasteiger partial charge is 0.220 e. The molecular weight excluding hydrogens is 496 g/mol. The Labute approximate surface area is 243 Å². The zero-order valence-electron chi connectivity index (χ0n) is 25.3. The SMILES string of the molecule is COc1cc(N2CCN(CCCCCCCCCCCCNC(=O)CC34CC5CC(CC3C5)C4)CC2)ccc1N. The van der Waals surface area contributed by atoms with Crippen LogP contribution in [0.5, 0.6) is 5.75 Å². The number of hydrogen-bond donors (Lipinski definition) is 2. The summed E-state index contributed by atoms with van der Waals surface area (Å²) >= 11 is 0. The highest BCUT2D eigenvalue weighted by Crippen LogP contribution is 2.66. The van der Waals surface area contributed by atoms with Crippen LogP contribution in [0.1, 0.15) is 103 Å². The predicted octanol–water partition coefficient (Wildman–Crippen LogP) is 6.63. The molecule has 5 aliphatic rings. The minimum absolute atomic E-state index is 0.342. The maximum atomic E-state index is 12.6. The fraction of sp³-hybridized carbons (Fsp3) is 0.794. The van der Waals surface area contributed by atoms with Crippen molar-refractivity contribution in [3.63, 3.8) is 0 Å². The van der Waals surface area contributed by atoms with E-state index >= 15 is 0 Å². The van der Waals surface area contributed by atoms with Crippen molar-refractivity contribution in [2.45, 2.75) is 103 Å². The van der Waals surface area contributed by atoms with E-state index in [1.165, 1.54) is 102 Å². The molecule has 4 bridgehead atoms. The van der Waals surface area contributed by atoms with Crippen molar-refractivity contribution in [1.29, 1.82) is 0 Å². The van der Waals surface area contributed by atoms with Crippen LogP contribution in [0.25, 0.3) is 0 Å². The summed E-state index contributed by atoms with van der Waals surface area (Å²) < 4.78 is 5.39. The second-order valence-electron chi connectivity index (χ2n) is 13.7. The Morgan fingerprint density at radius 3 is 2.17 bits per heavy atom. The number of nitrogens with one attached hydrogen (secondary N) is 1. The van der Waals surface area contributed by atoms with Gasteiger partial charge in [-0.3, -0.25) is 9.69 Å². The summed E-state index contributed by atoms with van der Waals surface area (Å²) in [6, 6.07) is 6.12. The van der Waals surface area contributed by atoms with Crippen molar-refractivity contribution in [3.8, 4) is 5.75 Å². The van der Waals surface area contributed by atoms with Crippen molar-refractivity contribution < 1.29 is 9.53 Å². The lowest BCUT2D eigenvalue weighted by molar-refractivity contribution is -0.124. The molecule has 6 rings (SSSR count). The van der Waals surface area contributed by atoms with E-state index < -0.39 is 0 Å². The van der Waals surface area contributed by atoms with Gasteiger partial charge >= 0.3 is 0 Å². The van der Waals surface area contributed by atoms with Crippen molar-refractivity contribution in [2.24, 2.45) is 23.2 Å². The average Bonchev–Trinajstić information content (AvgIpc) is 3.33. The van der Waals surface area contributed by atoms with E-state index in [-0.39, 0.29) is 0 Å². The number of nitrogens with zero attached hydrogens (tertiary/aromatic N) is 2. The van der Waals surface area contributed by atoms with Gasteiger partial charge in [0.2, 0.25) is 5.91 Å². The number of carbonyl (C=O) groups excluding carboxylic acids is 1. The number of nitrogen functional groups attached to an aromatic ring is 1. The molecule has 1 amide bonds. The van der Waals surface area contributed by atoms with Gasteiger partial charge in [0.1, 0.15) is 5.75 Å². The molecule has 0 radical (unpaired) electrons. The van der Waals surface area contributed by atoms with Gasteiger partial charge in [0.05, 0.1) is 12.8 Å². The molecule has 4 saturated carbocycles. The summed E-state index contributed by atoms with van der Waals surface area (Å²) in [4.78, 5) is 17.7. The van der Waals surface area contributed by atoms with E-state index in [1.807, 2.05) is 6.07 Å². The fourth-order valence-corrected chi connectivity index (χ4v) is 8.86. The number of benzene rings is 1. The molecule has 0 aromatic heterocycles. The van der Waals surface area contributed by atoms with E-state index in [9.17, 15) is 4.79 Å². The summed E-state index contributed by atoms with van der Waals surface area (Å²) in [6.07, 6.45) is 21.1. The number of piperazine rings is 1. The molecule has 6 heteroatoms. The molecule has 6 nitrogen and oxygen atoms in total. The van der Waals surface area contributed by atoms with Crippen molar-refractivity contribution >= 4 is 17.3 Å². The van der Waals surface area contributed by atoms with Crippen molar-refractivity contribution in [2.75, 3.05) is 57.0 Å². The number of carbonyl (C=O) groups is 1. The third-order valence-corrected chi connectivity index (χ3v) is 10.8. The zero-order chi connectivity index (χ0) is 27.8. The monoisotopic (exact) mass is 552 g/mol. The van der Waals surface area contributed by atoms with Gasteiger partial charge in [-0.1, -0.05) is 51.4 Å². The first kappa shape index (κ1) is 29.5. The molecular formula is C34H56N4O2. The molecule has 4 aliphatic carbocycles. The van der Waals surface area contributed by atoms with Gasteiger partial charge in [0.15, 0.2) is 0 Å². The van der Waals surface area contributed by atoms with Crippen LogP contribution in [0.15, 0.2) is 18.2 Å². The Balaban J connectivity index is 0.800. The number of amides is 1. The molecule has 5 fully saturated rings.